The van der Waals surface area contributed by atoms with Crippen LogP contribution in [0.3, 0.4) is 0 Å². The van der Waals surface area contributed by atoms with Crippen LogP contribution in [0.5, 0.6) is 11.5 Å². The SMILES string of the molecule is C=CCCCOc1ccc(-c2ccc(COc3ccc(C)cc3F)cc2)c(F)c1F. The first kappa shape index (κ1) is 21.5. The van der Waals surface area contributed by atoms with Gasteiger partial charge in [-0.05, 0) is 60.7 Å². The van der Waals surface area contributed by atoms with E-state index in [0.29, 0.717) is 12.0 Å². The number of allylic oxidation sites excluding steroid dienone is 1. The first-order chi connectivity index (χ1) is 14.5. The predicted octanol–water partition coefficient (Wildman–Crippen LogP) is 7.00. The Bertz CT molecular complexity index is 1010. The lowest BCUT2D eigenvalue weighted by Crippen LogP contribution is -2.01. The van der Waals surface area contributed by atoms with Crippen LogP contribution in [-0.2, 0) is 6.61 Å². The van der Waals surface area contributed by atoms with Gasteiger partial charge >= 0.3 is 0 Å². The van der Waals surface area contributed by atoms with Crippen molar-refractivity contribution in [3.8, 4) is 22.6 Å². The largest absolute Gasteiger partial charge is 0.490 e. The summed E-state index contributed by atoms with van der Waals surface area (Å²) in [5, 5.41) is 0. The van der Waals surface area contributed by atoms with Crippen LogP contribution >= 0.6 is 0 Å². The van der Waals surface area contributed by atoms with Gasteiger partial charge in [-0.25, -0.2) is 8.78 Å². The molecule has 3 aromatic rings. The molecule has 0 amide bonds. The third kappa shape index (κ3) is 5.23. The summed E-state index contributed by atoms with van der Waals surface area (Å²) >= 11 is 0. The van der Waals surface area contributed by atoms with E-state index in [1.54, 1.807) is 49.4 Å². The zero-order valence-corrected chi connectivity index (χ0v) is 16.8. The van der Waals surface area contributed by atoms with E-state index in [4.69, 9.17) is 9.47 Å². The fourth-order valence-corrected chi connectivity index (χ4v) is 2.94. The van der Waals surface area contributed by atoms with Gasteiger partial charge in [0.05, 0.1) is 6.61 Å². The Balaban J connectivity index is 1.68. The molecule has 0 N–H and O–H groups in total. The van der Waals surface area contributed by atoms with Crippen LogP contribution in [0.4, 0.5) is 13.2 Å². The maximum atomic E-state index is 14.5. The molecule has 3 rings (SSSR count). The third-order valence-electron chi connectivity index (χ3n) is 4.60. The summed E-state index contributed by atoms with van der Waals surface area (Å²) in [5.41, 5.74) is 2.26. The molecule has 5 heteroatoms. The lowest BCUT2D eigenvalue weighted by atomic mass is 10.0. The Morgan fingerprint density at radius 2 is 1.60 bits per heavy atom. The van der Waals surface area contributed by atoms with Crippen molar-refractivity contribution in [1.29, 1.82) is 0 Å². The summed E-state index contributed by atoms with van der Waals surface area (Å²) in [7, 11) is 0. The number of ether oxygens (including phenoxy) is 2. The molecular formula is C25H23F3O2. The van der Waals surface area contributed by atoms with Crippen LogP contribution in [0.1, 0.15) is 24.0 Å². The standard InChI is InChI=1S/C25H23F3O2/c1-3-4-5-14-29-23-13-11-20(24(27)25(23)28)19-9-7-18(8-10-19)16-30-22-12-6-17(2)15-21(22)26/h3,6-13,15H,1,4-5,14,16H2,2H3. The van der Waals surface area contributed by atoms with Gasteiger partial charge in [-0.2, -0.15) is 4.39 Å². The highest BCUT2D eigenvalue weighted by Crippen LogP contribution is 2.30. The molecule has 0 spiro atoms. The highest BCUT2D eigenvalue weighted by molar-refractivity contribution is 5.65. The fraction of sp³-hybridized carbons (Fsp3) is 0.200. The normalized spacial score (nSPS) is 10.7. The zero-order chi connectivity index (χ0) is 21.5. The van der Waals surface area contributed by atoms with E-state index >= 15 is 0 Å². The maximum Gasteiger partial charge on any atom is 0.201 e. The number of hydrogen-bond donors (Lipinski definition) is 0. The second-order valence-electron chi connectivity index (χ2n) is 6.94. The van der Waals surface area contributed by atoms with Crippen LogP contribution < -0.4 is 9.47 Å². The molecule has 3 aromatic carbocycles. The van der Waals surface area contributed by atoms with Gasteiger partial charge in [-0.15, -0.1) is 6.58 Å². The van der Waals surface area contributed by atoms with Gasteiger partial charge in [0, 0.05) is 5.56 Å². The summed E-state index contributed by atoms with van der Waals surface area (Å²) in [6.07, 6.45) is 3.17. The number of hydrogen-bond acceptors (Lipinski definition) is 2. The maximum absolute atomic E-state index is 14.5. The quantitative estimate of drug-likeness (QED) is 0.278. The number of rotatable bonds is 9. The summed E-state index contributed by atoms with van der Waals surface area (Å²) in [5.74, 6) is -2.32. The molecule has 0 saturated heterocycles. The number of unbranched alkanes of at least 4 members (excludes halogenated alkanes) is 1. The van der Waals surface area contributed by atoms with E-state index in [9.17, 15) is 13.2 Å². The van der Waals surface area contributed by atoms with Crippen LogP contribution in [0.25, 0.3) is 11.1 Å². The Morgan fingerprint density at radius 1 is 0.867 bits per heavy atom. The van der Waals surface area contributed by atoms with Crippen LogP contribution in [0.15, 0.2) is 67.3 Å². The molecule has 2 nitrogen and oxygen atoms in total. The van der Waals surface area contributed by atoms with E-state index in [-0.39, 0.29) is 30.3 Å². The predicted molar refractivity (Wildman–Crippen MR) is 112 cm³/mol. The molecule has 0 aliphatic carbocycles. The number of benzene rings is 3. The molecule has 0 saturated carbocycles. The molecule has 0 aliphatic heterocycles. The van der Waals surface area contributed by atoms with Gasteiger partial charge in [0.1, 0.15) is 6.61 Å². The van der Waals surface area contributed by atoms with Gasteiger partial charge in [-0.1, -0.05) is 36.4 Å². The van der Waals surface area contributed by atoms with Gasteiger partial charge in [0.15, 0.2) is 23.1 Å². The first-order valence-electron chi connectivity index (χ1n) is 9.69. The van der Waals surface area contributed by atoms with Crippen molar-refractivity contribution in [1.82, 2.24) is 0 Å². The first-order valence-corrected chi connectivity index (χ1v) is 9.69. The van der Waals surface area contributed by atoms with Crippen LogP contribution in [0.2, 0.25) is 0 Å². The Morgan fingerprint density at radius 3 is 2.30 bits per heavy atom. The average molecular weight is 412 g/mol. The van der Waals surface area contributed by atoms with Crippen molar-refractivity contribution >= 4 is 0 Å². The van der Waals surface area contributed by atoms with Gasteiger partial charge in [-0.3, -0.25) is 0 Å². The lowest BCUT2D eigenvalue weighted by Gasteiger charge is -2.11. The minimum absolute atomic E-state index is 0.106. The van der Waals surface area contributed by atoms with Crippen molar-refractivity contribution < 1.29 is 22.6 Å². The minimum Gasteiger partial charge on any atom is -0.490 e. The molecular weight excluding hydrogens is 389 g/mol. The average Bonchev–Trinajstić information content (AvgIpc) is 2.74. The molecule has 0 radical (unpaired) electrons. The van der Waals surface area contributed by atoms with Crippen molar-refractivity contribution in [2.24, 2.45) is 0 Å². The minimum atomic E-state index is -1.01. The highest BCUT2D eigenvalue weighted by atomic mass is 19.2. The summed E-state index contributed by atoms with van der Waals surface area (Å²) in [4.78, 5) is 0. The topological polar surface area (TPSA) is 18.5 Å². The van der Waals surface area contributed by atoms with Crippen molar-refractivity contribution in [2.45, 2.75) is 26.4 Å². The Kier molecular flexibility index (Phi) is 7.17. The summed E-state index contributed by atoms with van der Waals surface area (Å²) in [6, 6.07) is 14.5. The zero-order valence-electron chi connectivity index (χ0n) is 16.8. The molecule has 30 heavy (non-hydrogen) atoms. The second kappa shape index (κ2) is 10.0. The monoisotopic (exact) mass is 412 g/mol. The molecule has 0 unspecified atom stereocenters. The van der Waals surface area contributed by atoms with E-state index in [2.05, 4.69) is 6.58 Å². The molecule has 0 atom stereocenters. The number of halogens is 3. The highest BCUT2D eigenvalue weighted by Gasteiger charge is 2.16. The van der Waals surface area contributed by atoms with Crippen molar-refractivity contribution in [3.63, 3.8) is 0 Å². The van der Waals surface area contributed by atoms with Gasteiger partial charge < -0.3 is 9.47 Å². The molecule has 0 aromatic heterocycles. The summed E-state index contributed by atoms with van der Waals surface area (Å²) in [6.45, 7) is 5.86. The number of aryl methyl sites for hydroxylation is 1. The fourth-order valence-electron chi connectivity index (χ4n) is 2.94. The van der Waals surface area contributed by atoms with Crippen LogP contribution in [-0.4, -0.2) is 6.61 Å². The van der Waals surface area contributed by atoms with Gasteiger partial charge in [0.2, 0.25) is 5.82 Å². The van der Waals surface area contributed by atoms with E-state index in [1.807, 2.05) is 0 Å². The Hall–Kier alpha value is -3.21. The van der Waals surface area contributed by atoms with Crippen LogP contribution in [0, 0.1) is 24.4 Å². The van der Waals surface area contributed by atoms with E-state index < -0.39 is 17.5 Å². The summed E-state index contributed by atoms with van der Waals surface area (Å²) < 4.78 is 53.5. The smallest absolute Gasteiger partial charge is 0.201 e. The van der Waals surface area contributed by atoms with E-state index in [0.717, 1.165) is 17.5 Å². The van der Waals surface area contributed by atoms with Crippen molar-refractivity contribution in [3.05, 3.63) is 95.8 Å². The molecule has 156 valence electrons. The molecule has 0 heterocycles. The lowest BCUT2D eigenvalue weighted by molar-refractivity contribution is 0.290. The Labute approximate surface area is 174 Å². The molecule has 0 bridgehead atoms. The van der Waals surface area contributed by atoms with Crippen molar-refractivity contribution in [2.75, 3.05) is 6.61 Å². The van der Waals surface area contributed by atoms with E-state index in [1.165, 1.54) is 18.2 Å². The third-order valence-corrected chi connectivity index (χ3v) is 4.60. The second-order valence-corrected chi connectivity index (χ2v) is 6.94. The van der Waals surface area contributed by atoms with Gasteiger partial charge in [0.25, 0.3) is 0 Å². The molecule has 0 aliphatic rings. The molecule has 0 fully saturated rings.